The summed E-state index contributed by atoms with van der Waals surface area (Å²) < 4.78 is 86.6. The molecule has 0 spiro atoms. The molecule has 3 aromatic heterocycles. The Morgan fingerprint density at radius 2 is 0.714 bits per heavy atom. The number of alkyl halides is 6. The number of hydrogen-bond acceptors (Lipinski definition) is 7. The molecule has 3 heterocycles. The van der Waals surface area contributed by atoms with Gasteiger partial charge in [0.05, 0.1) is 11.1 Å². The highest BCUT2D eigenvalue weighted by molar-refractivity contribution is 6.07. The lowest BCUT2D eigenvalue weighted by molar-refractivity contribution is -0.138. The lowest BCUT2D eigenvalue weighted by Crippen LogP contribution is -2.05. The fourth-order valence-corrected chi connectivity index (χ4v) is 8.22. The average Bonchev–Trinajstić information content (AvgIpc) is 3.53. The molecule has 0 atom stereocenters. The van der Waals surface area contributed by atoms with Crippen LogP contribution in [0.4, 0.5) is 26.3 Å². The maximum atomic E-state index is 13.4. The van der Waals surface area contributed by atoms with Gasteiger partial charge in [-0.25, -0.2) is 29.9 Å². The van der Waals surface area contributed by atoms with Crippen molar-refractivity contribution in [1.29, 1.82) is 0 Å². The van der Waals surface area contributed by atoms with Crippen molar-refractivity contribution in [1.82, 2.24) is 29.9 Å². The van der Waals surface area contributed by atoms with Crippen molar-refractivity contribution in [2.75, 3.05) is 0 Å². The molecule has 0 unspecified atom stereocenters. The van der Waals surface area contributed by atoms with E-state index in [9.17, 15) is 26.3 Å². The molecule has 7 aromatic carbocycles. The van der Waals surface area contributed by atoms with Crippen molar-refractivity contribution in [2.45, 2.75) is 18.8 Å². The highest BCUT2D eigenvalue weighted by Crippen LogP contribution is 2.38. The summed E-state index contributed by atoms with van der Waals surface area (Å²) in [6.45, 7) is 0. The molecule has 0 N–H and O–H groups in total. The molecule has 0 amide bonds. The summed E-state index contributed by atoms with van der Waals surface area (Å²) in [5.41, 5.74) is 7.41. The number of furan rings is 1. The third-order valence-electron chi connectivity index (χ3n) is 11.9. The summed E-state index contributed by atoms with van der Waals surface area (Å²) in [4.78, 5) is 28.3. The summed E-state index contributed by atoms with van der Waals surface area (Å²) in [5.74, 6) is 2.03. The lowest BCUT2D eigenvalue weighted by atomic mass is 9.99. The average molecular weight is 933 g/mol. The van der Waals surface area contributed by atoms with Crippen molar-refractivity contribution >= 4 is 27.5 Å². The highest BCUT2D eigenvalue weighted by atomic mass is 19.4. The van der Waals surface area contributed by atoms with Crippen LogP contribution in [0.2, 0.25) is 0 Å². The quantitative estimate of drug-likeness (QED) is 0.140. The third-order valence-corrected chi connectivity index (χ3v) is 11.9. The minimum atomic E-state index is -4.47. The van der Waals surface area contributed by atoms with Crippen LogP contribution in [0.3, 0.4) is 0 Å². The van der Waals surface area contributed by atoms with Crippen LogP contribution in [0, 0.1) is 0 Å². The van der Waals surface area contributed by atoms with Gasteiger partial charge in [-0.1, -0.05) is 146 Å². The van der Waals surface area contributed by atoms with Gasteiger partial charge in [0.25, 0.3) is 0 Å². The molecule has 10 aromatic rings. The number of benzene rings is 7. The van der Waals surface area contributed by atoms with E-state index in [2.05, 4.69) is 22.1 Å². The molecule has 1 aliphatic carbocycles. The van der Waals surface area contributed by atoms with Crippen LogP contribution >= 0.6 is 0 Å². The van der Waals surface area contributed by atoms with Gasteiger partial charge in [0, 0.05) is 44.2 Å². The first-order valence-corrected chi connectivity index (χ1v) is 22.0. The first-order valence-electron chi connectivity index (χ1n) is 22.0. The third kappa shape index (κ3) is 8.88. The van der Waals surface area contributed by atoms with Crippen molar-refractivity contribution in [2.24, 2.45) is 0 Å². The summed E-state index contributed by atoms with van der Waals surface area (Å²) in [5, 5.41) is 1.85. The van der Waals surface area contributed by atoms with Gasteiger partial charge in [0.1, 0.15) is 11.2 Å². The lowest BCUT2D eigenvalue weighted by Gasteiger charge is -2.11. The Kier molecular flexibility index (Phi) is 11.0. The van der Waals surface area contributed by atoms with E-state index < -0.39 is 23.5 Å². The van der Waals surface area contributed by atoms with Gasteiger partial charge in [0.2, 0.25) is 0 Å². The monoisotopic (exact) mass is 932 g/mol. The van der Waals surface area contributed by atoms with Crippen LogP contribution in [-0.2, 0) is 12.4 Å². The molecular formula is C57H34F6N6O. The Hall–Kier alpha value is -8.84. The molecule has 0 bridgehead atoms. The van der Waals surface area contributed by atoms with E-state index in [1.54, 1.807) is 0 Å². The van der Waals surface area contributed by atoms with Crippen molar-refractivity contribution in [3.63, 3.8) is 0 Å². The van der Waals surface area contributed by atoms with E-state index in [0.29, 0.717) is 45.6 Å². The minimum Gasteiger partial charge on any atom is -0.456 e. The van der Waals surface area contributed by atoms with E-state index in [4.69, 9.17) is 24.4 Å². The van der Waals surface area contributed by atoms with E-state index in [1.807, 2.05) is 134 Å². The van der Waals surface area contributed by atoms with Gasteiger partial charge in [-0.15, -0.1) is 0 Å². The first-order chi connectivity index (χ1) is 33.9. The van der Waals surface area contributed by atoms with E-state index in [-0.39, 0.29) is 11.6 Å². The summed E-state index contributed by atoms with van der Waals surface area (Å²) in [6, 6.07) is 46.5. The zero-order valence-electron chi connectivity index (χ0n) is 36.5. The zero-order chi connectivity index (χ0) is 48.0. The largest absolute Gasteiger partial charge is 0.456 e. The predicted octanol–water partition coefficient (Wildman–Crippen LogP) is 15.6. The number of halogens is 6. The van der Waals surface area contributed by atoms with Gasteiger partial charge in [-0.3, -0.25) is 0 Å². The van der Waals surface area contributed by atoms with Gasteiger partial charge in [-0.2, -0.15) is 26.3 Å². The van der Waals surface area contributed by atoms with Crippen LogP contribution in [0.5, 0.6) is 0 Å². The molecule has 0 aliphatic heterocycles. The second-order valence-electron chi connectivity index (χ2n) is 16.5. The van der Waals surface area contributed by atoms with Gasteiger partial charge in [0.15, 0.2) is 34.9 Å². The molecule has 0 fully saturated rings. The van der Waals surface area contributed by atoms with Gasteiger partial charge >= 0.3 is 12.4 Å². The number of nitrogens with zero attached hydrogens (tertiary/aromatic N) is 6. The Morgan fingerprint density at radius 3 is 1.13 bits per heavy atom. The minimum absolute atomic E-state index is 0.248. The predicted molar refractivity (Wildman–Crippen MR) is 259 cm³/mol. The van der Waals surface area contributed by atoms with E-state index in [0.717, 1.165) is 86.0 Å². The van der Waals surface area contributed by atoms with Crippen LogP contribution in [-0.4, -0.2) is 29.9 Å². The second-order valence-corrected chi connectivity index (χ2v) is 16.5. The Bertz CT molecular complexity index is 3680. The van der Waals surface area contributed by atoms with E-state index in [1.165, 1.54) is 24.3 Å². The molecule has 7 nitrogen and oxygen atoms in total. The fourth-order valence-electron chi connectivity index (χ4n) is 8.22. The molecule has 13 heteroatoms. The Labute approximate surface area is 396 Å². The molecule has 11 rings (SSSR count). The summed E-state index contributed by atoms with van der Waals surface area (Å²) in [7, 11) is 0. The number of allylic oxidation sites excluding steroid dienone is 6. The highest BCUT2D eigenvalue weighted by Gasteiger charge is 2.31. The van der Waals surface area contributed by atoms with Crippen LogP contribution in [0.25, 0.3) is 107 Å². The maximum Gasteiger partial charge on any atom is 0.416 e. The molecule has 70 heavy (non-hydrogen) atoms. The normalized spacial score (nSPS) is 12.9. The standard InChI is InChI=1S/C57H34F6N6O/c58-56(59,60)44-26-20-40(21-27-44)54-66-50(36-8-4-1-2-5-9-36)64-52(68-54)38-16-12-34(13-17-38)42-24-30-48-46(32-42)47-33-43(25-31-49(47)70-48)35-14-18-39(19-15-35)53-65-51(37-10-6-3-7-11-37)67-55(69-53)41-22-28-45(29-23-41)57(61,62)63/h1,3-33H,2H2. The smallest absolute Gasteiger partial charge is 0.416 e. The Balaban J connectivity index is 0.892. The molecule has 0 radical (unpaired) electrons. The number of fused-ring (bicyclic) bond motifs is 3. The summed E-state index contributed by atoms with van der Waals surface area (Å²) in [6.07, 6.45) is 1.51. The first kappa shape index (κ1) is 43.7. The molecule has 340 valence electrons. The topological polar surface area (TPSA) is 90.5 Å². The van der Waals surface area contributed by atoms with Gasteiger partial charge in [-0.05, 0) is 77.2 Å². The maximum absolute atomic E-state index is 13.4. The summed E-state index contributed by atoms with van der Waals surface area (Å²) >= 11 is 0. The number of rotatable bonds is 8. The fraction of sp³-hybridized carbons (Fsp3) is 0.0526. The van der Waals surface area contributed by atoms with Crippen molar-refractivity contribution < 1.29 is 30.8 Å². The molecule has 0 saturated carbocycles. The Morgan fingerprint density at radius 1 is 0.357 bits per heavy atom. The second kappa shape index (κ2) is 17.7. The molecular weight excluding hydrogens is 899 g/mol. The SMILES string of the molecule is FC(F)(F)c1ccc(-c2nc(C3=CC=CCC=C3)nc(-c3ccc(-c4ccc5oc6ccc(-c7ccc(-c8nc(-c9ccccc9)nc(-c9ccc(C(F)(F)F)cc9)n8)cc7)cc6c5c4)cc3)n2)cc1. The zero-order valence-corrected chi connectivity index (χ0v) is 36.5. The molecule has 1 aliphatic rings. The van der Waals surface area contributed by atoms with Crippen LogP contribution in [0.15, 0.2) is 199 Å². The van der Waals surface area contributed by atoms with Crippen LogP contribution in [0.1, 0.15) is 23.4 Å². The molecule has 0 saturated heterocycles. The number of hydrogen-bond donors (Lipinski definition) is 0. The van der Waals surface area contributed by atoms with Crippen molar-refractivity contribution in [3.8, 4) is 79.2 Å². The van der Waals surface area contributed by atoms with Crippen LogP contribution < -0.4 is 0 Å². The van der Waals surface area contributed by atoms with E-state index >= 15 is 0 Å². The number of aromatic nitrogens is 6. The van der Waals surface area contributed by atoms with Crippen molar-refractivity contribution in [3.05, 3.63) is 211 Å². The van der Waals surface area contributed by atoms with Gasteiger partial charge < -0.3 is 4.42 Å².